The van der Waals surface area contributed by atoms with E-state index in [0.717, 1.165) is 29.7 Å². The molecule has 8 heteroatoms. The predicted octanol–water partition coefficient (Wildman–Crippen LogP) is 5.56. The van der Waals surface area contributed by atoms with Gasteiger partial charge in [0.15, 0.2) is 0 Å². The second kappa shape index (κ2) is 6.09. The average Bonchev–Trinajstić information content (AvgIpc) is 2.94. The van der Waals surface area contributed by atoms with Crippen molar-refractivity contribution in [1.29, 1.82) is 0 Å². The van der Waals surface area contributed by atoms with Crippen molar-refractivity contribution in [3.05, 3.63) is 55.9 Å². The van der Waals surface area contributed by atoms with E-state index in [9.17, 15) is 18.0 Å². The zero-order chi connectivity index (χ0) is 18.6. The normalized spacial score (nSPS) is 17.5. The number of thiophene rings is 1. The molecule has 3 nitrogen and oxygen atoms in total. The second-order valence-corrected chi connectivity index (χ2v) is 7.99. The Balaban J connectivity index is 2.13. The first-order chi connectivity index (χ1) is 12.3. The molecule has 1 aliphatic rings. The molecule has 0 aliphatic heterocycles. The molecule has 0 spiro atoms. The molecule has 0 fully saturated rings. The van der Waals surface area contributed by atoms with E-state index >= 15 is 0 Å². The summed E-state index contributed by atoms with van der Waals surface area (Å²) in [4.78, 5) is 18.2. The number of alkyl halides is 3. The second-order valence-electron chi connectivity index (χ2n) is 6.47. The molecule has 3 aromatic rings. The van der Waals surface area contributed by atoms with Crippen LogP contribution in [0.3, 0.4) is 0 Å². The molecule has 1 atom stereocenters. The van der Waals surface area contributed by atoms with Gasteiger partial charge in [-0.05, 0) is 48.9 Å². The third-order valence-corrected chi connectivity index (χ3v) is 6.09. The summed E-state index contributed by atoms with van der Waals surface area (Å²) in [5.41, 5.74) is 0.238. The van der Waals surface area contributed by atoms with Gasteiger partial charge in [0.1, 0.15) is 4.83 Å². The van der Waals surface area contributed by atoms with E-state index in [4.69, 9.17) is 11.6 Å². The van der Waals surface area contributed by atoms with Crippen LogP contribution in [0.15, 0.2) is 29.1 Å². The fourth-order valence-corrected chi connectivity index (χ4v) is 5.09. The zero-order valence-corrected chi connectivity index (χ0v) is 15.3. The molecule has 26 heavy (non-hydrogen) atoms. The molecule has 0 bridgehead atoms. The van der Waals surface area contributed by atoms with Crippen LogP contribution in [0.2, 0.25) is 5.02 Å². The van der Waals surface area contributed by atoms with Crippen LogP contribution in [0.1, 0.15) is 41.9 Å². The maximum absolute atomic E-state index is 13.7. The Morgan fingerprint density at radius 1 is 1.35 bits per heavy atom. The minimum Gasteiger partial charge on any atom is -0.268 e. The van der Waals surface area contributed by atoms with Gasteiger partial charge in [-0.15, -0.1) is 11.3 Å². The molecule has 2 heterocycles. The topological polar surface area (TPSA) is 34.9 Å². The van der Waals surface area contributed by atoms with Crippen molar-refractivity contribution in [3.63, 3.8) is 0 Å². The van der Waals surface area contributed by atoms with Crippen LogP contribution in [0.25, 0.3) is 15.9 Å². The van der Waals surface area contributed by atoms with E-state index in [0.29, 0.717) is 9.95 Å². The summed E-state index contributed by atoms with van der Waals surface area (Å²) < 4.78 is 41.6. The Labute approximate surface area is 156 Å². The van der Waals surface area contributed by atoms with Crippen molar-refractivity contribution in [3.8, 4) is 5.69 Å². The molecular formula is C18H14ClF3N2OS. The summed E-state index contributed by atoms with van der Waals surface area (Å²) in [6, 6.07) is 5.83. The summed E-state index contributed by atoms with van der Waals surface area (Å²) in [6.45, 7) is 2.00. The minimum atomic E-state index is -4.76. The quantitative estimate of drug-likeness (QED) is 0.538. The Hall–Kier alpha value is -1.86. The summed E-state index contributed by atoms with van der Waals surface area (Å²) in [5, 5.41) is 0.563. The molecule has 1 unspecified atom stereocenters. The van der Waals surface area contributed by atoms with Gasteiger partial charge >= 0.3 is 6.18 Å². The van der Waals surface area contributed by atoms with Gasteiger partial charge in [0.05, 0.1) is 11.1 Å². The van der Waals surface area contributed by atoms with E-state index in [2.05, 4.69) is 4.98 Å². The molecule has 1 aromatic carbocycles. The fourth-order valence-electron chi connectivity index (χ4n) is 3.58. The van der Waals surface area contributed by atoms with Crippen molar-refractivity contribution < 1.29 is 13.2 Å². The SMILES string of the molecule is CC1CCCc2sc3nc(C(F)(F)F)n(-c4cccc(Cl)c4)c(=O)c3c21. The number of hydrogen-bond acceptors (Lipinski definition) is 3. The zero-order valence-electron chi connectivity index (χ0n) is 13.7. The van der Waals surface area contributed by atoms with Gasteiger partial charge < -0.3 is 0 Å². The van der Waals surface area contributed by atoms with Gasteiger partial charge in [-0.1, -0.05) is 24.6 Å². The van der Waals surface area contributed by atoms with Crippen LogP contribution >= 0.6 is 22.9 Å². The van der Waals surface area contributed by atoms with Gasteiger partial charge in [0, 0.05) is 9.90 Å². The van der Waals surface area contributed by atoms with Gasteiger partial charge in [-0.3, -0.25) is 9.36 Å². The first-order valence-corrected chi connectivity index (χ1v) is 9.38. The standard InChI is InChI=1S/C18H14ClF3N2OS/c1-9-4-2-7-12-13(9)14-15(26-12)23-17(18(20,21)22)24(16(14)25)11-6-3-5-10(19)8-11/h3,5-6,8-9H,2,4,7H2,1H3. The van der Waals surface area contributed by atoms with E-state index in [-0.39, 0.29) is 21.5 Å². The van der Waals surface area contributed by atoms with Crippen molar-refractivity contribution in [1.82, 2.24) is 9.55 Å². The molecule has 0 saturated carbocycles. The summed E-state index contributed by atoms with van der Waals surface area (Å²) >= 11 is 7.14. The molecule has 0 amide bonds. The molecule has 2 aromatic heterocycles. The van der Waals surface area contributed by atoms with Crippen LogP contribution in [-0.2, 0) is 12.6 Å². The van der Waals surface area contributed by atoms with Crippen LogP contribution in [0.4, 0.5) is 13.2 Å². The summed E-state index contributed by atoms with van der Waals surface area (Å²) in [5.74, 6) is -1.09. The highest BCUT2D eigenvalue weighted by atomic mass is 35.5. The van der Waals surface area contributed by atoms with Crippen LogP contribution in [-0.4, -0.2) is 9.55 Å². The average molecular weight is 399 g/mol. The van der Waals surface area contributed by atoms with E-state index in [1.807, 2.05) is 6.92 Å². The first kappa shape index (κ1) is 17.5. The third-order valence-electron chi connectivity index (χ3n) is 4.69. The lowest BCUT2D eigenvalue weighted by Gasteiger charge is -2.19. The Morgan fingerprint density at radius 3 is 2.81 bits per heavy atom. The monoisotopic (exact) mass is 398 g/mol. The van der Waals surface area contributed by atoms with Gasteiger partial charge in [-0.2, -0.15) is 13.2 Å². The Morgan fingerprint density at radius 2 is 2.12 bits per heavy atom. The number of benzene rings is 1. The van der Waals surface area contributed by atoms with Crippen molar-refractivity contribution in [2.24, 2.45) is 0 Å². The van der Waals surface area contributed by atoms with Crippen molar-refractivity contribution in [2.45, 2.75) is 38.3 Å². The lowest BCUT2D eigenvalue weighted by molar-refractivity contribution is -0.146. The van der Waals surface area contributed by atoms with E-state index < -0.39 is 17.6 Å². The van der Waals surface area contributed by atoms with Gasteiger partial charge in [-0.25, -0.2) is 4.98 Å². The van der Waals surface area contributed by atoms with E-state index in [1.165, 1.54) is 29.5 Å². The smallest absolute Gasteiger partial charge is 0.268 e. The maximum atomic E-state index is 13.7. The van der Waals surface area contributed by atoms with Crippen LogP contribution in [0, 0.1) is 0 Å². The Kier molecular flexibility index (Phi) is 4.11. The largest absolute Gasteiger partial charge is 0.450 e. The maximum Gasteiger partial charge on any atom is 0.450 e. The van der Waals surface area contributed by atoms with E-state index in [1.54, 1.807) is 6.07 Å². The number of halogens is 4. The molecule has 0 N–H and O–H groups in total. The highest BCUT2D eigenvalue weighted by Crippen LogP contribution is 2.41. The van der Waals surface area contributed by atoms with Gasteiger partial charge in [0.2, 0.25) is 5.82 Å². The molecule has 1 aliphatic carbocycles. The third kappa shape index (κ3) is 2.74. The molecular weight excluding hydrogens is 385 g/mol. The van der Waals surface area contributed by atoms with Gasteiger partial charge in [0.25, 0.3) is 5.56 Å². The molecule has 0 radical (unpaired) electrons. The summed E-state index contributed by atoms with van der Waals surface area (Å²) in [7, 11) is 0. The molecule has 4 rings (SSSR count). The molecule has 0 saturated heterocycles. The number of hydrogen-bond donors (Lipinski definition) is 0. The highest BCUT2D eigenvalue weighted by molar-refractivity contribution is 7.18. The number of aromatic nitrogens is 2. The lowest BCUT2D eigenvalue weighted by atomic mass is 9.88. The number of aryl methyl sites for hydroxylation is 1. The first-order valence-electron chi connectivity index (χ1n) is 8.19. The number of fused-ring (bicyclic) bond motifs is 3. The minimum absolute atomic E-state index is 0.0626. The number of nitrogens with zero attached hydrogens (tertiary/aromatic N) is 2. The van der Waals surface area contributed by atoms with Crippen LogP contribution in [0.5, 0.6) is 0 Å². The summed E-state index contributed by atoms with van der Waals surface area (Å²) in [6.07, 6.45) is -2.10. The molecule has 136 valence electrons. The van der Waals surface area contributed by atoms with Crippen molar-refractivity contribution >= 4 is 33.2 Å². The lowest BCUT2D eigenvalue weighted by Crippen LogP contribution is -2.29. The number of rotatable bonds is 1. The van der Waals surface area contributed by atoms with Crippen molar-refractivity contribution in [2.75, 3.05) is 0 Å². The predicted molar refractivity (Wildman–Crippen MR) is 96.6 cm³/mol. The Bertz CT molecular complexity index is 1070. The highest BCUT2D eigenvalue weighted by Gasteiger charge is 2.39. The fraction of sp³-hybridized carbons (Fsp3) is 0.333. The van der Waals surface area contributed by atoms with Crippen LogP contribution < -0.4 is 5.56 Å².